The fraction of sp³-hybridized carbons (Fsp3) is 0.727. The average molecular weight is 1030 g/mol. The molecule has 1 atom stereocenters. The van der Waals surface area contributed by atoms with Crippen molar-refractivity contribution in [1.29, 1.82) is 0 Å². The molecular formula is C44H80N2O4UY-2. The van der Waals surface area contributed by atoms with Crippen LogP contribution in [0.4, 0.5) is 0 Å². The topological polar surface area (TPSA) is 93.8 Å². The first-order chi connectivity index (χ1) is 24.4. The van der Waals surface area contributed by atoms with Gasteiger partial charge in [0, 0.05) is 70.2 Å². The average Bonchev–Trinajstić information content (AvgIpc) is 3.11. The largest absolute Gasteiger partial charge is 0.673 e. The summed E-state index contributed by atoms with van der Waals surface area (Å²) in [5, 5.41) is 17.7. The van der Waals surface area contributed by atoms with Crippen LogP contribution in [0.3, 0.4) is 0 Å². The number of esters is 1. The number of allylic oxidation sites excluding steroid dienone is 10. The van der Waals surface area contributed by atoms with Gasteiger partial charge in [0.1, 0.15) is 12.7 Å². The molecule has 0 spiro atoms. The van der Waals surface area contributed by atoms with E-state index >= 15 is 0 Å². The second-order valence-corrected chi connectivity index (χ2v) is 13.3. The van der Waals surface area contributed by atoms with Gasteiger partial charge in [-0.15, -0.1) is 6.04 Å². The number of nitrogens with one attached hydrogen (secondary N) is 1. The van der Waals surface area contributed by atoms with Crippen LogP contribution >= 0.6 is 0 Å². The van der Waals surface area contributed by atoms with Gasteiger partial charge >= 0.3 is 5.97 Å². The SMILES string of the molecule is CCCCC/C=C\C/C=C\CCCCCCCC(=O)OCC(O)CO.CCN1CC([NH-])C1.[CH2-]CCCCCCC/C=C\C/C=C\C/C=C\CC.[U].[Y]. The minimum atomic E-state index is -0.964. The molecule has 52 heavy (non-hydrogen) atoms. The quantitative estimate of drug-likeness (QED) is 0.0324. The molecule has 0 aliphatic carbocycles. The summed E-state index contributed by atoms with van der Waals surface area (Å²) in [6.45, 7) is 13.0. The normalized spacial score (nSPS) is 13.8. The number of likely N-dealkylation sites (tertiary alicyclic amines) is 1. The van der Waals surface area contributed by atoms with Gasteiger partial charge in [-0.3, -0.25) is 4.79 Å². The zero-order valence-electron chi connectivity index (χ0n) is 34.0. The molecule has 1 heterocycles. The molecule has 1 unspecified atom stereocenters. The first kappa shape index (κ1) is 58.9. The maximum absolute atomic E-state index is 11.4. The zero-order chi connectivity index (χ0) is 37.2. The Morgan fingerprint density at radius 3 is 1.60 bits per heavy atom. The van der Waals surface area contributed by atoms with E-state index in [0.29, 0.717) is 6.42 Å². The van der Waals surface area contributed by atoms with Gasteiger partial charge in [-0.1, -0.05) is 139 Å². The van der Waals surface area contributed by atoms with E-state index in [9.17, 15) is 4.79 Å². The summed E-state index contributed by atoms with van der Waals surface area (Å²) in [6.07, 6.45) is 47.1. The number of nitrogens with zero attached hydrogens (tertiary/aromatic N) is 1. The van der Waals surface area contributed by atoms with Crippen LogP contribution in [0.1, 0.15) is 162 Å². The number of carbonyl (C=O) groups is 1. The molecule has 0 aromatic rings. The zero-order valence-corrected chi connectivity index (χ0v) is 41.0. The summed E-state index contributed by atoms with van der Waals surface area (Å²) in [4.78, 5) is 13.6. The van der Waals surface area contributed by atoms with Crippen LogP contribution in [-0.2, 0) is 42.2 Å². The van der Waals surface area contributed by atoms with Crippen LogP contribution in [0.2, 0.25) is 0 Å². The number of hydrogen-bond donors (Lipinski definition) is 2. The first-order valence-electron chi connectivity index (χ1n) is 20.4. The van der Waals surface area contributed by atoms with Gasteiger partial charge in [0.15, 0.2) is 0 Å². The van der Waals surface area contributed by atoms with Gasteiger partial charge in [-0.2, -0.15) is 6.42 Å². The standard InChI is InChI=1S/C21H38O4.C18H31.C5H11N2.U.Y/c1-2-3-4-5-6-7-8-9-10-11-12-13-14-15-16-17-21(24)25-19-20(23)18-22;1-3-5-7-9-11-13-15-17-18-16-14-12-10-8-6-4-2;1-2-7-3-5(6)4-7;;/h6-7,9-10,20,22-23H,2-5,8,11-19H2,1H3;6,8,12,14,17-18H,1,3-5,7,9-11,13,15-16H2,2H3;5-6H,2-4H2,1H3;;/q;2*-1;;/b7-6-,10-9-;8-6-,14-12-,18-17-;;;. The summed E-state index contributed by atoms with van der Waals surface area (Å²) in [5.41, 5.74) is 7.11. The van der Waals surface area contributed by atoms with Crippen LogP contribution in [0.15, 0.2) is 60.8 Å². The molecule has 0 aromatic heterocycles. The Kier molecular flexibility index (Phi) is 57.9. The molecule has 3 N–H and O–H groups in total. The molecule has 0 saturated carbocycles. The summed E-state index contributed by atoms with van der Waals surface area (Å²) >= 11 is 0. The third-order valence-electron chi connectivity index (χ3n) is 8.28. The van der Waals surface area contributed by atoms with Gasteiger partial charge in [-0.05, 0) is 90.3 Å². The molecule has 1 rings (SSSR count). The van der Waals surface area contributed by atoms with Crippen molar-refractivity contribution in [2.75, 3.05) is 32.8 Å². The van der Waals surface area contributed by atoms with Crippen LogP contribution < -0.4 is 0 Å². The number of carbonyl (C=O) groups excluding carboxylic acids is 1. The molecule has 8 heteroatoms. The second-order valence-electron chi connectivity index (χ2n) is 13.3. The molecule has 299 valence electrons. The first-order valence-corrected chi connectivity index (χ1v) is 20.4. The van der Waals surface area contributed by atoms with E-state index in [0.717, 1.165) is 77.4 Å². The molecule has 1 aliphatic heterocycles. The maximum Gasteiger partial charge on any atom is 0.305 e. The summed E-state index contributed by atoms with van der Waals surface area (Å²) < 4.78 is 4.85. The number of rotatable bonds is 30. The fourth-order valence-corrected chi connectivity index (χ4v) is 5.02. The van der Waals surface area contributed by atoms with Crippen molar-refractivity contribution in [2.45, 2.75) is 174 Å². The number of aliphatic hydroxyl groups is 2. The van der Waals surface area contributed by atoms with Crippen molar-refractivity contribution >= 4 is 5.97 Å². The molecule has 1 fully saturated rings. The van der Waals surface area contributed by atoms with Gasteiger partial charge in [0.2, 0.25) is 0 Å². The third-order valence-corrected chi connectivity index (χ3v) is 8.28. The number of hydrogen-bond acceptors (Lipinski definition) is 5. The molecule has 1 saturated heterocycles. The monoisotopic (exact) mass is 1030 g/mol. The van der Waals surface area contributed by atoms with Crippen molar-refractivity contribution < 1.29 is 83.6 Å². The second kappa shape index (κ2) is 51.2. The van der Waals surface area contributed by atoms with Gasteiger partial charge in [0.25, 0.3) is 0 Å². The van der Waals surface area contributed by atoms with Crippen molar-refractivity contribution in [3.05, 3.63) is 73.4 Å². The molecule has 0 aromatic carbocycles. The predicted octanol–water partition coefficient (Wildman–Crippen LogP) is 11.8. The molecule has 1 aliphatic rings. The summed E-state index contributed by atoms with van der Waals surface area (Å²) in [7, 11) is 0. The predicted molar refractivity (Wildman–Crippen MR) is 218 cm³/mol. The van der Waals surface area contributed by atoms with E-state index in [1.807, 2.05) is 0 Å². The smallest absolute Gasteiger partial charge is 0.305 e. The number of ether oxygens (including phenoxy) is 1. The van der Waals surface area contributed by atoms with Crippen molar-refractivity contribution in [2.24, 2.45) is 0 Å². The Balaban J connectivity index is -0.000000371. The van der Waals surface area contributed by atoms with Crippen molar-refractivity contribution in [3.63, 3.8) is 0 Å². The van der Waals surface area contributed by atoms with E-state index in [2.05, 4.69) is 93.4 Å². The molecule has 1 radical (unpaired) electrons. The number of aliphatic hydroxyl groups excluding tert-OH is 2. The third kappa shape index (κ3) is 50.2. The van der Waals surface area contributed by atoms with E-state index in [1.165, 1.54) is 77.0 Å². The van der Waals surface area contributed by atoms with Crippen molar-refractivity contribution in [1.82, 2.24) is 4.90 Å². The van der Waals surface area contributed by atoms with Gasteiger partial charge < -0.3 is 32.5 Å². The molecule has 6 nitrogen and oxygen atoms in total. The Morgan fingerprint density at radius 2 is 1.17 bits per heavy atom. The van der Waals surface area contributed by atoms with E-state index in [1.54, 1.807) is 0 Å². The number of likely N-dealkylation sites (N-methyl/N-ethyl adjacent to an activating group) is 1. The van der Waals surface area contributed by atoms with E-state index in [-0.39, 0.29) is 89.0 Å². The van der Waals surface area contributed by atoms with Crippen LogP contribution in [-0.4, -0.2) is 66.1 Å². The van der Waals surface area contributed by atoms with Crippen LogP contribution in [0, 0.1) is 38.0 Å². The summed E-state index contributed by atoms with van der Waals surface area (Å²) in [5.74, 6) is -0.293. The molecule has 0 amide bonds. The minimum absolute atomic E-state index is 0. The fourth-order valence-electron chi connectivity index (χ4n) is 5.02. The van der Waals surface area contributed by atoms with E-state index in [4.69, 9.17) is 20.7 Å². The van der Waals surface area contributed by atoms with Gasteiger partial charge in [0.05, 0.1) is 6.61 Å². The summed E-state index contributed by atoms with van der Waals surface area (Å²) in [6, 6.07) is 0.222. The van der Waals surface area contributed by atoms with Crippen molar-refractivity contribution in [3.8, 4) is 0 Å². The Bertz CT molecular complexity index is 844. The Labute approximate surface area is 371 Å². The van der Waals surface area contributed by atoms with Crippen LogP contribution in [0.5, 0.6) is 0 Å². The van der Waals surface area contributed by atoms with E-state index < -0.39 is 6.10 Å². The maximum atomic E-state index is 11.4. The van der Waals surface area contributed by atoms with Gasteiger partial charge in [-0.25, -0.2) is 0 Å². The molecular weight excluding hydrogens is 947 g/mol. The Morgan fingerprint density at radius 1 is 0.731 bits per heavy atom. The number of unbranched alkanes of at least 4 members (excludes halogenated alkanes) is 14. The minimum Gasteiger partial charge on any atom is -0.673 e. The Hall–Kier alpha value is 0.166. The molecule has 0 bridgehead atoms. The van der Waals surface area contributed by atoms with Crippen LogP contribution in [0.25, 0.3) is 5.73 Å².